The number of ether oxygens (including phenoxy) is 1. The van der Waals surface area contributed by atoms with Crippen LogP contribution in [0.5, 0.6) is 5.75 Å². The normalized spacial score (nSPS) is 10.2. The minimum atomic E-state index is -0.259. The summed E-state index contributed by atoms with van der Waals surface area (Å²) in [6.45, 7) is 8.29. The Morgan fingerprint density at radius 1 is 1.13 bits per heavy atom. The topological polar surface area (TPSA) is 67.3 Å². The number of aromatic nitrogens is 2. The Bertz CT molecular complexity index is 639. The number of nitrogens with one attached hydrogen (secondary N) is 1. The highest BCUT2D eigenvalue weighted by Crippen LogP contribution is 2.17. The van der Waals surface area contributed by atoms with Crippen molar-refractivity contribution in [2.45, 2.75) is 20.8 Å². The summed E-state index contributed by atoms with van der Waals surface area (Å²) in [4.78, 5) is 22.7. The second-order valence-corrected chi connectivity index (χ2v) is 4.85. The van der Waals surface area contributed by atoms with Crippen molar-refractivity contribution in [3.8, 4) is 5.75 Å². The Kier molecular flexibility index (Phi) is 5.91. The molecule has 1 aromatic heterocycles. The number of carbonyl (C=O) groups is 1. The van der Waals surface area contributed by atoms with Crippen molar-refractivity contribution in [2.75, 3.05) is 29.9 Å². The summed E-state index contributed by atoms with van der Waals surface area (Å²) >= 11 is 0. The molecule has 23 heavy (non-hydrogen) atoms. The van der Waals surface area contributed by atoms with E-state index in [4.69, 9.17) is 4.74 Å². The molecular formula is C17H22N4O2. The first-order chi connectivity index (χ1) is 11.2. The van der Waals surface area contributed by atoms with E-state index >= 15 is 0 Å². The third-order valence-electron chi connectivity index (χ3n) is 3.40. The zero-order valence-corrected chi connectivity index (χ0v) is 13.7. The van der Waals surface area contributed by atoms with E-state index in [1.165, 1.54) is 6.33 Å². The summed E-state index contributed by atoms with van der Waals surface area (Å²) in [6, 6.07) is 8.95. The van der Waals surface area contributed by atoms with Crippen LogP contribution in [0.25, 0.3) is 0 Å². The van der Waals surface area contributed by atoms with Gasteiger partial charge in [-0.05, 0) is 45.0 Å². The highest BCUT2D eigenvalue weighted by Gasteiger charge is 2.11. The van der Waals surface area contributed by atoms with Crippen LogP contribution in [-0.4, -0.2) is 35.6 Å². The van der Waals surface area contributed by atoms with Crippen LogP contribution in [0.3, 0.4) is 0 Å². The lowest BCUT2D eigenvalue weighted by atomic mass is 10.3. The summed E-state index contributed by atoms with van der Waals surface area (Å²) in [5, 5.41) is 2.83. The van der Waals surface area contributed by atoms with E-state index < -0.39 is 0 Å². The summed E-state index contributed by atoms with van der Waals surface area (Å²) in [5.41, 5.74) is 1.04. The van der Waals surface area contributed by atoms with E-state index in [2.05, 4.69) is 20.2 Å². The molecule has 0 aliphatic heterocycles. The fourth-order valence-corrected chi connectivity index (χ4v) is 2.19. The maximum atomic E-state index is 12.3. The van der Waals surface area contributed by atoms with Gasteiger partial charge in [0.2, 0.25) is 0 Å². The molecule has 0 unspecified atom stereocenters. The van der Waals surface area contributed by atoms with Crippen molar-refractivity contribution < 1.29 is 9.53 Å². The van der Waals surface area contributed by atoms with Crippen LogP contribution in [0.15, 0.2) is 36.7 Å². The van der Waals surface area contributed by atoms with E-state index in [9.17, 15) is 4.79 Å². The molecule has 0 aliphatic rings. The van der Waals surface area contributed by atoms with Crippen molar-refractivity contribution in [2.24, 2.45) is 0 Å². The van der Waals surface area contributed by atoms with E-state index in [0.717, 1.165) is 24.7 Å². The van der Waals surface area contributed by atoms with Crippen LogP contribution in [0.4, 0.5) is 11.5 Å². The molecule has 0 atom stereocenters. The van der Waals surface area contributed by atoms with E-state index in [1.54, 1.807) is 18.2 Å². The molecule has 0 radical (unpaired) electrons. The molecule has 1 N–H and O–H groups in total. The summed E-state index contributed by atoms with van der Waals surface area (Å²) in [6.07, 6.45) is 1.42. The third kappa shape index (κ3) is 4.42. The Morgan fingerprint density at radius 2 is 1.83 bits per heavy atom. The smallest absolute Gasteiger partial charge is 0.274 e. The lowest BCUT2D eigenvalue weighted by molar-refractivity contribution is 0.102. The summed E-state index contributed by atoms with van der Waals surface area (Å²) in [7, 11) is 0. The number of carbonyl (C=O) groups excluding carboxylic acids is 1. The zero-order chi connectivity index (χ0) is 16.7. The van der Waals surface area contributed by atoms with Crippen LogP contribution in [0.1, 0.15) is 31.3 Å². The molecule has 2 rings (SSSR count). The molecule has 6 nitrogen and oxygen atoms in total. The largest absolute Gasteiger partial charge is 0.494 e. The Morgan fingerprint density at radius 3 is 2.43 bits per heavy atom. The average Bonchev–Trinajstić information content (AvgIpc) is 2.58. The Labute approximate surface area is 136 Å². The van der Waals surface area contributed by atoms with Gasteiger partial charge in [0.15, 0.2) is 0 Å². The number of hydrogen-bond donors (Lipinski definition) is 1. The lowest BCUT2D eigenvalue weighted by Crippen LogP contribution is -2.24. The van der Waals surface area contributed by atoms with Crippen molar-refractivity contribution in [3.63, 3.8) is 0 Å². The number of hydrogen-bond acceptors (Lipinski definition) is 5. The van der Waals surface area contributed by atoms with Crippen LogP contribution in [-0.2, 0) is 0 Å². The van der Waals surface area contributed by atoms with Gasteiger partial charge in [-0.15, -0.1) is 0 Å². The molecule has 2 aromatic rings. The molecule has 1 aromatic carbocycles. The molecule has 0 spiro atoms. The van der Waals surface area contributed by atoms with Crippen molar-refractivity contribution in [1.82, 2.24) is 9.97 Å². The molecule has 122 valence electrons. The average molecular weight is 314 g/mol. The highest BCUT2D eigenvalue weighted by molar-refractivity contribution is 6.03. The number of nitrogens with zero attached hydrogens (tertiary/aromatic N) is 3. The van der Waals surface area contributed by atoms with Gasteiger partial charge in [-0.25, -0.2) is 9.97 Å². The highest BCUT2D eigenvalue weighted by atomic mass is 16.5. The maximum absolute atomic E-state index is 12.3. The first-order valence-electron chi connectivity index (χ1n) is 7.79. The number of rotatable bonds is 7. The van der Waals surface area contributed by atoms with Crippen molar-refractivity contribution >= 4 is 17.4 Å². The van der Waals surface area contributed by atoms with E-state index in [-0.39, 0.29) is 5.91 Å². The number of anilines is 2. The van der Waals surface area contributed by atoms with Gasteiger partial charge in [0.05, 0.1) is 6.61 Å². The summed E-state index contributed by atoms with van der Waals surface area (Å²) in [5.74, 6) is 1.27. The fraction of sp³-hybridized carbons (Fsp3) is 0.353. The van der Waals surface area contributed by atoms with Gasteiger partial charge >= 0.3 is 0 Å². The molecule has 1 amide bonds. The Hall–Kier alpha value is -2.63. The van der Waals surface area contributed by atoms with E-state index in [0.29, 0.717) is 18.0 Å². The van der Waals surface area contributed by atoms with Crippen LogP contribution in [0, 0.1) is 0 Å². The van der Waals surface area contributed by atoms with Gasteiger partial charge in [0.1, 0.15) is 23.6 Å². The SMILES string of the molecule is CCOc1ccc(NC(=O)c2cc(N(CC)CC)ncn2)cc1. The first-order valence-corrected chi connectivity index (χ1v) is 7.79. The Balaban J connectivity index is 2.09. The van der Waals surface area contributed by atoms with Crippen molar-refractivity contribution in [3.05, 3.63) is 42.4 Å². The van der Waals surface area contributed by atoms with Crippen molar-refractivity contribution in [1.29, 1.82) is 0 Å². The second-order valence-electron chi connectivity index (χ2n) is 4.85. The predicted octanol–water partition coefficient (Wildman–Crippen LogP) is 2.97. The van der Waals surface area contributed by atoms with Gasteiger partial charge < -0.3 is 15.0 Å². The molecule has 0 saturated carbocycles. The number of amides is 1. The van der Waals surface area contributed by atoms with Gasteiger partial charge in [0, 0.05) is 24.8 Å². The molecule has 6 heteroatoms. The monoisotopic (exact) mass is 314 g/mol. The summed E-state index contributed by atoms with van der Waals surface area (Å²) < 4.78 is 5.38. The maximum Gasteiger partial charge on any atom is 0.274 e. The third-order valence-corrected chi connectivity index (χ3v) is 3.40. The molecule has 0 bridgehead atoms. The van der Waals surface area contributed by atoms with Gasteiger partial charge in [-0.1, -0.05) is 0 Å². The quantitative estimate of drug-likeness (QED) is 0.851. The molecule has 0 saturated heterocycles. The number of benzene rings is 1. The first kappa shape index (κ1) is 16.7. The van der Waals surface area contributed by atoms with Gasteiger partial charge in [-0.3, -0.25) is 4.79 Å². The van der Waals surface area contributed by atoms with Crippen LogP contribution >= 0.6 is 0 Å². The van der Waals surface area contributed by atoms with Crippen LogP contribution < -0.4 is 15.0 Å². The lowest BCUT2D eigenvalue weighted by Gasteiger charge is -2.19. The molecule has 0 aliphatic carbocycles. The second kappa shape index (κ2) is 8.12. The standard InChI is InChI=1S/C17H22N4O2/c1-4-21(5-2)16-11-15(18-12-19-16)17(22)20-13-7-9-14(10-8-13)23-6-3/h7-12H,4-6H2,1-3H3,(H,20,22). The molecule has 1 heterocycles. The van der Waals surface area contributed by atoms with Gasteiger partial charge in [-0.2, -0.15) is 0 Å². The predicted molar refractivity (Wildman–Crippen MR) is 91.2 cm³/mol. The molecular weight excluding hydrogens is 292 g/mol. The minimum absolute atomic E-state index is 0.259. The van der Waals surface area contributed by atoms with Gasteiger partial charge in [0.25, 0.3) is 5.91 Å². The fourth-order valence-electron chi connectivity index (χ4n) is 2.19. The minimum Gasteiger partial charge on any atom is -0.494 e. The van der Waals surface area contributed by atoms with E-state index in [1.807, 2.05) is 32.9 Å². The zero-order valence-electron chi connectivity index (χ0n) is 13.7. The molecule has 0 fully saturated rings. The van der Waals surface area contributed by atoms with Crippen LogP contribution in [0.2, 0.25) is 0 Å².